The Morgan fingerprint density at radius 3 is 2.63 bits per heavy atom. The molecule has 3 aromatic heterocycles. The van der Waals surface area contributed by atoms with E-state index in [1.165, 1.54) is 12.1 Å². The van der Waals surface area contributed by atoms with E-state index in [1.807, 2.05) is 0 Å². The van der Waals surface area contributed by atoms with Crippen molar-refractivity contribution in [3.63, 3.8) is 0 Å². The lowest BCUT2D eigenvalue weighted by Gasteiger charge is -2.32. The highest BCUT2D eigenvalue weighted by Crippen LogP contribution is 2.33. The van der Waals surface area contributed by atoms with Crippen molar-refractivity contribution in [2.45, 2.75) is 31.5 Å². The van der Waals surface area contributed by atoms with Crippen molar-refractivity contribution < 1.29 is 22.4 Å². The molecule has 0 aliphatic carbocycles. The smallest absolute Gasteiger partial charge is 0.346 e. The van der Waals surface area contributed by atoms with Crippen LogP contribution in [0.4, 0.5) is 17.6 Å². The second-order valence-electron chi connectivity index (χ2n) is 7.36. The molecule has 1 amide bonds. The number of nitrogens with zero attached hydrogens (tertiary/aromatic N) is 3. The van der Waals surface area contributed by atoms with Crippen molar-refractivity contribution in [3.05, 3.63) is 64.1 Å². The van der Waals surface area contributed by atoms with E-state index in [0.717, 1.165) is 24.0 Å². The standard InChI is InChI=1S/C20H18F4N4O2/c21-14-8-15-16(10-26-18(15)25-9-14)12-1-4-27(5-2-12)19(30)13-3-6-28(17(29)7-13)11-20(22,23)24/h3,6-10,12H,1-2,4-5,11H2,(H,25,26). The first kappa shape index (κ1) is 20.1. The van der Waals surface area contributed by atoms with Crippen LogP contribution in [0.2, 0.25) is 0 Å². The van der Waals surface area contributed by atoms with E-state index < -0.39 is 30.0 Å². The molecule has 1 N–H and O–H groups in total. The Bertz CT molecular complexity index is 1140. The Morgan fingerprint density at radius 1 is 1.23 bits per heavy atom. The molecule has 1 fully saturated rings. The summed E-state index contributed by atoms with van der Waals surface area (Å²) in [7, 11) is 0. The summed E-state index contributed by atoms with van der Waals surface area (Å²) in [6, 6.07) is 3.60. The van der Waals surface area contributed by atoms with E-state index in [4.69, 9.17) is 0 Å². The number of aromatic amines is 1. The number of pyridine rings is 2. The third-order valence-electron chi connectivity index (χ3n) is 5.34. The Labute approximate surface area is 168 Å². The maximum atomic E-state index is 13.6. The molecule has 10 heteroatoms. The molecule has 1 saturated heterocycles. The Balaban J connectivity index is 1.45. The van der Waals surface area contributed by atoms with Crippen LogP contribution in [0, 0.1) is 5.82 Å². The molecule has 0 radical (unpaired) electrons. The van der Waals surface area contributed by atoms with Crippen molar-refractivity contribution in [2.75, 3.05) is 13.1 Å². The van der Waals surface area contributed by atoms with Gasteiger partial charge in [0, 0.05) is 42.5 Å². The van der Waals surface area contributed by atoms with Crippen LogP contribution in [-0.2, 0) is 6.54 Å². The van der Waals surface area contributed by atoms with Crippen molar-refractivity contribution in [1.29, 1.82) is 0 Å². The minimum atomic E-state index is -4.52. The maximum absolute atomic E-state index is 13.6. The van der Waals surface area contributed by atoms with Gasteiger partial charge in [-0.15, -0.1) is 0 Å². The fourth-order valence-electron chi connectivity index (χ4n) is 3.88. The minimum Gasteiger partial charge on any atom is -0.346 e. The molecule has 1 aliphatic rings. The van der Waals surface area contributed by atoms with E-state index in [9.17, 15) is 27.2 Å². The molecule has 1 aliphatic heterocycles. The number of alkyl halides is 3. The number of aromatic nitrogens is 3. The Morgan fingerprint density at radius 2 is 1.97 bits per heavy atom. The fourth-order valence-corrected chi connectivity index (χ4v) is 3.88. The van der Waals surface area contributed by atoms with Crippen molar-refractivity contribution in [3.8, 4) is 0 Å². The molecule has 0 unspecified atom stereocenters. The van der Waals surface area contributed by atoms with Gasteiger partial charge in [0.05, 0.1) is 6.20 Å². The van der Waals surface area contributed by atoms with Gasteiger partial charge in [-0.1, -0.05) is 0 Å². The van der Waals surface area contributed by atoms with Crippen LogP contribution >= 0.6 is 0 Å². The van der Waals surface area contributed by atoms with Gasteiger partial charge in [0.15, 0.2) is 0 Å². The summed E-state index contributed by atoms with van der Waals surface area (Å²) < 4.78 is 51.5. The van der Waals surface area contributed by atoms with Gasteiger partial charge in [0.1, 0.15) is 18.0 Å². The van der Waals surface area contributed by atoms with E-state index in [0.29, 0.717) is 41.5 Å². The number of fused-ring (bicyclic) bond motifs is 1. The molecule has 4 rings (SSSR count). The summed E-state index contributed by atoms with van der Waals surface area (Å²) >= 11 is 0. The topological polar surface area (TPSA) is 71.0 Å². The minimum absolute atomic E-state index is 0.0650. The maximum Gasteiger partial charge on any atom is 0.406 e. The number of H-pyrrole nitrogens is 1. The summed E-state index contributed by atoms with van der Waals surface area (Å²) in [6.45, 7) is -0.555. The first-order chi connectivity index (χ1) is 14.2. The van der Waals surface area contributed by atoms with Crippen molar-refractivity contribution >= 4 is 16.9 Å². The Kier molecular flexibility index (Phi) is 5.08. The van der Waals surface area contributed by atoms with Crippen LogP contribution in [0.1, 0.15) is 34.7 Å². The second-order valence-corrected chi connectivity index (χ2v) is 7.36. The van der Waals surface area contributed by atoms with Crippen LogP contribution < -0.4 is 5.56 Å². The monoisotopic (exact) mass is 422 g/mol. The van der Waals surface area contributed by atoms with E-state index >= 15 is 0 Å². The van der Waals surface area contributed by atoms with Crippen molar-refractivity contribution in [1.82, 2.24) is 19.4 Å². The van der Waals surface area contributed by atoms with E-state index in [1.54, 1.807) is 11.1 Å². The molecule has 0 spiro atoms. The summed E-state index contributed by atoms with van der Waals surface area (Å²) in [6.07, 6.45) is 0.702. The summed E-state index contributed by atoms with van der Waals surface area (Å²) in [5.74, 6) is -0.696. The zero-order valence-electron chi connectivity index (χ0n) is 15.7. The molecule has 0 aromatic carbocycles. The second kappa shape index (κ2) is 7.58. The largest absolute Gasteiger partial charge is 0.406 e. The van der Waals surface area contributed by atoms with Crippen LogP contribution in [-0.4, -0.2) is 44.6 Å². The zero-order valence-corrected chi connectivity index (χ0v) is 15.7. The van der Waals surface area contributed by atoms with Gasteiger partial charge >= 0.3 is 6.18 Å². The molecule has 4 heterocycles. The highest BCUT2D eigenvalue weighted by Gasteiger charge is 2.29. The van der Waals surface area contributed by atoms with Gasteiger partial charge < -0.3 is 14.5 Å². The molecular weight excluding hydrogens is 404 g/mol. The lowest BCUT2D eigenvalue weighted by Crippen LogP contribution is -2.38. The van der Waals surface area contributed by atoms with E-state index in [-0.39, 0.29) is 11.5 Å². The number of hydrogen-bond acceptors (Lipinski definition) is 3. The van der Waals surface area contributed by atoms with Crippen LogP contribution in [0.3, 0.4) is 0 Å². The third kappa shape index (κ3) is 4.07. The SMILES string of the molecule is O=C(c1ccn(CC(F)(F)F)c(=O)c1)N1CCC(c2c[nH]c3ncc(F)cc23)CC1. The van der Waals surface area contributed by atoms with Crippen LogP contribution in [0.25, 0.3) is 11.0 Å². The van der Waals surface area contributed by atoms with Crippen LogP contribution in [0.5, 0.6) is 0 Å². The average Bonchev–Trinajstić information content (AvgIpc) is 3.11. The average molecular weight is 422 g/mol. The first-order valence-corrected chi connectivity index (χ1v) is 9.40. The lowest BCUT2D eigenvalue weighted by molar-refractivity contribution is -0.141. The zero-order chi connectivity index (χ0) is 21.5. The predicted octanol–water partition coefficient (Wildman–Crippen LogP) is 3.45. The molecule has 30 heavy (non-hydrogen) atoms. The van der Waals surface area contributed by atoms with Gasteiger partial charge in [-0.3, -0.25) is 9.59 Å². The van der Waals surface area contributed by atoms with Gasteiger partial charge in [-0.05, 0) is 36.5 Å². The quantitative estimate of drug-likeness (QED) is 0.658. The number of carbonyl (C=O) groups is 1. The fraction of sp³-hybridized carbons (Fsp3) is 0.350. The highest BCUT2D eigenvalue weighted by atomic mass is 19.4. The van der Waals surface area contributed by atoms with Crippen molar-refractivity contribution in [2.24, 2.45) is 0 Å². The number of halogens is 4. The number of nitrogens with one attached hydrogen (secondary N) is 1. The summed E-state index contributed by atoms with van der Waals surface area (Å²) in [5.41, 5.74) is 0.736. The highest BCUT2D eigenvalue weighted by molar-refractivity contribution is 5.94. The van der Waals surface area contributed by atoms with Gasteiger partial charge in [-0.2, -0.15) is 13.2 Å². The molecule has 3 aromatic rings. The molecule has 158 valence electrons. The van der Waals surface area contributed by atoms with Gasteiger partial charge in [0.2, 0.25) is 0 Å². The summed E-state index contributed by atoms with van der Waals surface area (Å²) in [4.78, 5) is 33.2. The molecule has 6 nitrogen and oxygen atoms in total. The lowest BCUT2D eigenvalue weighted by atomic mass is 9.89. The number of hydrogen-bond donors (Lipinski definition) is 1. The first-order valence-electron chi connectivity index (χ1n) is 9.40. The van der Waals surface area contributed by atoms with Gasteiger partial charge in [0.25, 0.3) is 11.5 Å². The molecule has 0 bridgehead atoms. The summed E-state index contributed by atoms with van der Waals surface area (Å²) in [5, 5.41) is 0.716. The number of carbonyl (C=O) groups excluding carboxylic acids is 1. The number of rotatable bonds is 3. The Hall–Kier alpha value is -3.17. The third-order valence-corrected chi connectivity index (χ3v) is 5.34. The number of likely N-dealkylation sites (tertiary alicyclic amines) is 1. The number of amides is 1. The number of piperidine rings is 1. The van der Waals surface area contributed by atoms with Crippen LogP contribution in [0.15, 0.2) is 41.6 Å². The normalized spacial score (nSPS) is 15.7. The molecule has 0 atom stereocenters. The predicted molar refractivity (Wildman–Crippen MR) is 101 cm³/mol. The van der Waals surface area contributed by atoms with Gasteiger partial charge in [-0.25, -0.2) is 9.37 Å². The molecule has 0 saturated carbocycles. The molecular formula is C20H18F4N4O2. The van der Waals surface area contributed by atoms with E-state index in [2.05, 4.69) is 9.97 Å².